The number of aryl methyl sites for hydroxylation is 1. The molecule has 1 heterocycles. The molecular weight excluding hydrogens is 231 g/mol. The summed E-state index contributed by atoms with van der Waals surface area (Å²) < 4.78 is 13.6. The smallest absolute Gasteiger partial charge is 0.229 e. The van der Waals surface area contributed by atoms with Crippen molar-refractivity contribution in [3.63, 3.8) is 0 Å². The second-order valence-corrected chi connectivity index (χ2v) is 4.96. The van der Waals surface area contributed by atoms with Crippen LogP contribution in [0.2, 0.25) is 0 Å². The minimum absolute atomic E-state index is 0.0838. The maximum atomic E-state index is 13.6. The van der Waals surface area contributed by atoms with Crippen molar-refractivity contribution in [1.29, 1.82) is 0 Å². The predicted octanol–water partition coefficient (Wildman–Crippen LogP) is 2.46. The van der Waals surface area contributed by atoms with Crippen LogP contribution in [0.25, 0.3) is 0 Å². The number of hydrogen-bond donors (Lipinski definition) is 2. The van der Waals surface area contributed by atoms with E-state index in [9.17, 15) is 9.18 Å². The number of amides is 1. The Hall–Kier alpha value is -1.42. The third-order valence-electron chi connectivity index (χ3n) is 3.48. The highest BCUT2D eigenvalue weighted by Gasteiger charge is 2.27. The molecule has 1 aromatic carbocycles. The SMILES string of the molecule is Cc1ccc(NC(=O)C2CCCNC2C)c(F)c1. The van der Waals surface area contributed by atoms with E-state index >= 15 is 0 Å². The van der Waals surface area contributed by atoms with E-state index in [1.165, 1.54) is 6.07 Å². The summed E-state index contributed by atoms with van der Waals surface area (Å²) in [7, 11) is 0. The molecule has 1 amide bonds. The first-order chi connectivity index (χ1) is 8.58. The molecule has 2 unspecified atom stereocenters. The Kier molecular flexibility index (Phi) is 3.97. The van der Waals surface area contributed by atoms with Gasteiger partial charge < -0.3 is 10.6 Å². The third-order valence-corrected chi connectivity index (χ3v) is 3.48. The monoisotopic (exact) mass is 250 g/mol. The Labute approximate surface area is 107 Å². The first-order valence-electron chi connectivity index (χ1n) is 6.38. The fourth-order valence-corrected chi connectivity index (χ4v) is 2.35. The lowest BCUT2D eigenvalue weighted by Gasteiger charge is -2.28. The Morgan fingerprint density at radius 1 is 1.50 bits per heavy atom. The van der Waals surface area contributed by atoms with E-state index in [0.29, 0.717) is 0 Å². The first-order valence-corrected chi connectivity index (χ1v) is 6.38. The molecular formula is C14H19FN2O. The predicted molar refractivity (Wildman–Crippen MR) is 70.0 cm³/mol. The molecule has 0 bridgehead atoms. The number of benzene rings is 1. The summed E-state index contributed by atoms with van der Waals surface area (Å²) in [6.45, 7) is 4.76. The van der Waals surface area contributed by atoms with Crippen LogP contribution in [0.15, 0.2) is 18.2 Å². The van der Waals surface area contributed by atoms with Gasteiger partial charge in [0.25, 0.3) is 0 Å². The van der Waals surface area contributed by atoms with Gasteiger partial charge in [-0.2, -0.15) is 0 Å². The van der Waals surface area contributed by atoms with Gasteiger partial charge in [0.1, 0.15) is 5.82 Å². The van der Waals surface area contributed by atoms with Crippen molar-refractivity contribution in [3.05, 3.63) is 29.6 Å². The molecule has 0 aliphatic carbocycles. The summed E-state index contributed by atoms with van der Waals surface area (Å²) in [5.41, 5.74) is 1.11. The molecule has 0 saturated carbocycles. The van der Waals surface area contributed by atoms with Crippen LogP contribution in [-0.4, -0.2) is 18.5 Å². The maximum absolute atomic E-state index is 13.6. The second kappa shape index (κ2) is 5.48. The van der Waals surface area contributed by atoms with Gasteiger partial charge in [-0.3, -0.25) is 4.79 Å². The first kappa shape index (κ1) is 13.0. The van der Waals surface area contributed by atoms with E-state index in [2.05, 4.69) is 10.6 Å². The zero-order chi connectivity index (χ0) is 13.1. The van der Waals surface area contributed by atoms with Crippen LogP contribution in [0, 0.1) is 18.7 Å². The molecule has 3 nitrogen and oxygen atoms in total. The molecule has 1 aliphatic heterocycles. The normalized spacial score (nSPS) is 23.7. The second-order valence-electron chi connectivity index (χ2n) is 4.96. The average Bonchev–Trinajstić information content (AvgIpc) is 2.33. The molecule has 0 aromatic heterocycles. The Morgan fingerprint density at radius 3 is 2.94 bits per heavy atom. The van der Waals surface area contributed by atoms with Gasteiger partial charge in [-0.1, -0.05) is 6.07 Å². The number of hydrogen-bond acceptors (Lipinski definition) is 2. The highest BCUT2D eigenvalue weighted by Crippen LogP contribution is 2.21. The molecule has 1 aromatic rings. The van der Waals surface area contributed by atoms with Crippen molar-refractivity contribution < 1.29 is 9.18 Å². The molecule has 98 valence electrons. The topological polar surface area (TPSA) is 41.1 Å². The molecule has 2 N–H and O–H groups in total. The maximum Gasteiger partial charge on any atom is 0.229 e. The van der Waals surface area contributed by atoms with Crippen LogP contribution in [0.3, 0.4) is 0 Å². The van der Waals surface area contributed by atoms with Crippen molar-refractivity contribution in [2.45, 2.75) is 32.7 Å². The highest BCUT2D eigenvalue weighted by molar-refractivity contribution is 5.93. The van der Waals surface area contributed by atoms with Crippen LogP contribution in [0.5, 0.6) is 0 Å². The summed E-state index contributed by atoms with van der Waals surface area (Å²) in [6.07, 6.45) is 1.84. The largest absolute Gasteiger partial charge is 0.323 e. The molecule has 18 heavy (non-hydrogen) atoms. The van der Waals surface area contributed by atoms with E-state index in [1.807, 2.05) is 13.8 Å². The minimum Gasteiger partial charge on any atom is -0.323 e. The molecule has 1 fully saturated rings. The van der Waals surface area contributed by atoms with Crippen LogP contribution in [-0.2, 0) is 4.79 Å². The third kappa shape index (κ3) is 2.88. The van der Waals surface area contributed by atoms with Gasteiger partial charge in [0.2, 0.25) is 5.91 Å². The zero-order valence-corrected chi connectivity index (χ0v) is 10.8. The van der Waals surface area contributed by atoms with Gasteiger partial charge in [0.15, 0.2) is 0 Å². The molecule has 0 spiro atoms. The minimum atomic E-state index is -0.375. The number of rotatable bonds is 2. The molecule has 0 radical (unpaired) electrons. The van der Waals surface area contributed by atoms with Crippen molar-refractivity contribution in [3.8, 4) is 0 Å². The molecule has 1 aliphatic rings. The molecule has 2 rings (SSSR count). The van der Waals surface area contributed by atoms with Gasteiger partial charge in [-0.25, -0.2) is 4.39 Å². The summed E-state index contributed by atoms with van der Waals surface area (Å²) in [5.74, 6) is -0.559. The van der Waals surface area contributed by atoms with Crippen LogP contribution >= 0.6 is 0 Å². The average molecular weight is 250 g/mol. The summed E-state index contributed by atoms with van der Waals surface area (Å²) in [6, 6.07) is 4.98. The van der Waals surface area contributed by atoms with Gasteiger partial charge in [0.05, 0.1) is 11.6 Å². The van der Waals surface area contributed by atoms with Crippen LogP contribution in [0.1, 0.15) is 25.3 Å². The fourth-order valence-electron chi connectivity index (χ4n) is 2.35. The van der Waals surface area contributed by atoms with E-state index in [0.717, 1.165) is 24.9 Å². The Balaban J connectivity index is 2.06. The summed E-state index contributed by atoms with van der Waals surface area (Å²) in [4.78, 5) is 12.1. The van der Waals surface area contributed by atoms with E-state index in [-0.39, 0.29) is 29.4 Å². The summed E-state index contributed by atoms with van der Waals surface area (Å²) >= 11 is 0. The van der Waals surface area contributed by atoms with Crippen molar-refractivity contribution >= 4 is 11.6 Å². The number of carbonyl (C=O) groups is 1. The van der Waals surface area contributed by atoms with Gasteiger partial charge in [0, 0.05) is 6.04 Å². The standard InChI is InChI=1S/C14H19FN2O/c1-9-5-6-13(12(15)8-9)17-14(18)11-4-3-7-16-10(11)2/h5-6,8,10-11,16H,3-4,7H2,1-2H3,(H,17,18). The lowest BCUT2D eigenvalue weighted by atomic mass is 9.91. The molecule has 4 heteroatoms. The Bertz CT molecular complexity index is 447. The number of anilines is 1. The number of halogens is 1. The van der Waals surface area contributed by atoms with E-state index < -0.39 is 0 Å². The van der Waals surface area contributed by atoms with E-state index in [1.54, 1.807) is 12.1 Å². The lowest BCUT2D eigenvalue weighted by Crippen LogP contribution is -2.44. The van der Waals surface area contributed by atoms with Gasteiger partial charge >= 0.3 is 0 Å². The van der Waals surface area contributed by atoms with Crippen molar-refractivity contribution in [2.75, 3.05) is 11.9 Å². The molecule has 2 atom stereocenters. The summed E-state index contributed by atoms with van der Waals surface area (Å²) in [5, 5.41) is 5.95. The highest BCUT2D eigenvalue weighted by atomic mass is 19.1. The van der Waals surface area contributed by atoms with Crippen molar-refractivity contribution in [2.24, 2.45) is 5.92 Å². The number of piperidine rings is 1. The van der Waals surface area contributed by atoms with E-state index in [4.69, 9.17) is 0 Å². The van der Waals surface area contributed by atoms with Crippen LogP contribution in [0.4, 0.5) is 10.1 Å². The van der Waals surface area contributed by atoms with Crippen molar-refractivity contribution in [1.82, 2.24) is 5.32 Å². The number of nitrogens with one attached hydrogen (secondary N) is 2. The Morgan fingerprint density at radius 2 is 2.28 bits per heavy atom. The van der Waals surface area contributed by atoms with Crippen LogP contribution < -0.4 is 10.6 Å². The fraction of sp³-hybridized carbons (Fsp3) is 0.500. The zero-order valence-electron chi connectivity index (χ0n) is 10.8. The lowest BCUT2D eigenvalue weighted by molar-refractivity contribution is -0.121. The molecule has 1 saturated heterocycles. The van der Waals surface area contributed by atoms with Gasteiger partial charge in [-0.15, -0.1) is 0 Å². The van der Waals surface area contributed by atoms with Gasteiger partial charge in [-0.05, 0) is 50.9 Å². The number of carbonyl (C=O) groups excluding carboxylic acids is 1. The quantitative estimate of drug-likeness (QED) is 0.846.